The first-order valence-electron chi connectivity index (χ1n) is 2.46. The molecule has 0 radical (unpaired) electrons. The maximum atomic E-state index is 4.53. The summed E-state index contributed by atoms with van der Waals surface area (Å²) in [5, 5.41) is 12.6. The highest BCUT2D eigenvalue weighted by Crippen LogP contribution is 1.84. The van der Waals surface area contributed by atoms with E-state index in [2.05, 4.69) is 32.9 Å². The summed E-state index contributed by atoms with van der Waals surface area (Å²) in [6.45, 7) is 0.639. The fourth-order valence-corrected chi connectivity index (χ4v) is 0.541. The maximum absolute atomic E-state index is 4.53. The van der Waals surface area contributed by atoms with Crippen molar-refractivity contribution in [2.75, 3.05) is 0 Å². The van der Waals surface area contributed by atoms with Crippen LogP contribution in [0.5, 0.6) is 0 Å². The van der Waals surface area contributed by atoms with Gasteiger partial charge in [-0.15, -0.1) is 5.10 Å². The van der Waals surface area contributed by atoms with Crippen LogP contribution in [0.2, 0.25) is 0 Å². The smallest absolute Gasteiger partial charge is 0.101 e. The minimum atomic E-state index is 0.639. The first kappa shape index (κ1) is 6.15. The molecule has 0 aliphatic heterocycles. The van der Waals surface area contributed by atoms with Crippen molar-refractivity contribution in [3.63, 3.8) is 0 Å². The molecule has 9 heavy (non-hydrogen) atoms. The molecular weight excluding hydrogens is 136 g/mol. The Morgan fingerprint density at radius 1 is 1.89 bits per heavy atom. The Bertz CT molecular complexity index is 171. The summed E-state index contributed by atoms with van der Waals surface area (Å²) < 4.78 is 0. The van der Waals surface area contributed by atoms with Gasteiger partial charge in [0.05, 0.1) is 12.0 Å². The predicted octanol–water partition coefficient (Wildman–Crippen LogP) is -0.149. The Kier molecular flexibility index (Phi) is 2.14. The third kappa shape index (κ3) is 1.77. The van der Waals surface area contributed by atoms with E-state index in [1.807, 2.05) is 0 Å². The van der Waals surface area contributed by atoms with Crippen LogP contribution in [0, 0.1) is 0 Å². The zero-order valence-corrected chi connectivity index (χ0v) is 5.48. The number of nitrogens with zero attached hydrogens (tertiary/aromatic N) is 2. The summed E-state index contributed by atoms with van der Waals surface area (Å²) in [5.74, 6) is 0. The molecule has 0 fully saturated rings. The SMILES string of the molecule is S=CNCc1c[nH]nn1. The van der Waals surface area contributed by atoms with Gasteiger partial charge in [0.1, 0.15) is 5.69 Å². The quantitative estimate of drug-likeness (QED) is 0.576. The molecule has 48 valence electrons. The third-order valence-corrected chi connectivity index (χ3v) is 1.00. The van der Waals surface area contributed by atoms with Crippen molar-refractivity contribution in [2.45, 2.75) is 6.54 Å². The molecular formula is C4H6N4S. The zero-order valence-electron chi connectivity index (χ0n) is 4.66. The molecule has 0 saturated carbocycles. The summed E-state index contributed by atoms with van der Waals surface area (Å²) in [6, 6.07) is 0. The summed E-state index contributed by atoms with van der Waals surface area (Å²) in [7, 11) is 0. The number of hydrogen-bond acceptors (Lipinski definition) is 3. The average Bonchev–Trinajstić information content (AvgIpc) is 2.34. The van der Waals surface area contributed by atoms with E-state index >= 15 is 0 Å². The number of thiocarbonyl (C=S) groups is 1. The molecule has 0 spiro atoms. The minimum absolute atomic E-state index is 0.639. The normalized spacial score (nSPS) is 8.89. The van der Waals surface area contributed by atoms with E-state index in [1.54, 1.807) is 6.20 Å². The zero-order chi connectivity index (χ0) is 6.53. The van der Waals surface area contributed by atoms with Crippen LogP contribution in [-0.2, 0) is 6.54 Å². The number of hydrogen-bond donors (Lipinski definition) is 2. The minimum Gasteiger partial charge on any atom is -0.376 e. The number of H-pyrrole nitrogens is 1. The van der Waals surface area contributed by atoms with Gasteiger partial charge in [-0.05, 0) is 0 Å². The Labute approximate surface area is 57.7 Å². The number of rotatable bonds is 3. The number of nitrogens with one attached hydrogen (secondary N) is 2. The van der Waals surface area contributed by atoms with E-state index in [4.69, 9.17) is 0 Å². The lowest BCUT2D eigenvalue weighted by Crippen LogP contribution is -2.08. The molecule has 0 aromatic carbocycles. The summed E-state index contributed by atoms with van der Waals surface area (Å²) in [6.07, 6.45) is 1.71. The van der Waals surface area contributed by atoms with Gasteiger partial charge >= 0.3 is 0 Å². The molecule has 1 aromatic rings. The molecule has 0 atom stereocenters. The van der Waals surface area contributed by atoms with E-state index in [-0.39, 0.29) is 0 Å². The molecule has 0 saturated heterocycles. The summed E-state index contributed by atoms with van der Waals surface area (Å²) in [5.41, 5.74) is 2.31. The van der Waals surface area contributed by atoms with Crippen molar-refractivity contribution in [2.24, 2.45) is 0 Å². The van der Waals surface area contributed by atoms with Crippen LogP contribution in [0.4, 0.5) is 0 Å². The Hall–Kier alpha value is -0.970. The van der Waals surface area contributed by atoms with Crippen LogP contribution in [0.15, 0.2) is 6.20 Å². The van der Waals surface area contributed by atoms with Gasteiger partial charge in [-0.25, -0.2) is 0 Å². The van der Waals surface area contributed by atoms with Gasteiger partial charge < -0.3 is 5.32 Å². The standard InChI is InChI=1S/C4H6N4S/c9-3-5-1-4-2-6-8-7-4/h2-3H,1H2,(H,5,9)(H,6,7,8). The Morgan fingerprint density at radius 3 is 3.33 bits per heavy atom. The fraction of sp³-hybridized carbons (Fsp3) is 0.250. The topological polar surface area (TPSA) is 53.6 Å². The van der Waals surface area contributed by atoms with Gasteiger partial charge in [-0.1, -0.05) is 17.4 Å². The monoisotopic (exact) mass is 142 g/mol. The number of aromatic nitrogens is 3. The maximum Gasteiger partial charge on any atom is 0.101 e. The molecule has 1 rings (SSSR count). The highest BCUT2D eigenvalue weighted by atomic mass is 32.1. The second-order valence-corrected chi connectivity index (χ2v) is 1.70. The second-order valence-electron chi connectivity index (χ2n) is 1.46. The molecule has 0 aliphatic carbocycles. The molecule has 0 aliphatic rings. The van der Waals surface area contributed by atoms with E-state index in [1.165, 1.54) is 5.49 Å². The van der Waals surface area contributed by atoms with Crippen molar-refractivity contribution in [3.8, 4) is 0 Å². The third-order valence-electron chi connectivity index (χ3n) is 0.834. The van der Waals surface area contributed by atoms with Gasteiger partial charge in [0.15, 0.2) is 0 Å². The van der Waals surface area contributed by atoms with Crippen molar-refractivity contribution in [1.82, 2.24) is 20.7 Å². The first-order valence-corrected chi connectivity index (χ1v) is 2.93. The van der Waals surface area contributed by atoms with Crippen molar-refractivity contribution in [3.05, 3.63) is 11.9 Å². The lowest BCUT2D eigenvalue weighted by molar-refractivity contribution is 0.859. The second kappa shape index (κ2) is 3.13. The molecule has 0 amide bonds. The van der Waals surface area contributed by atoms with Crippen molar-refractivity contribution in [1.29, 1.82) is 0 Å². The van der Waals surface area contributed by atoms with E-state index in [0.29, 0.717) is 6.54 Å². The molecule has 1 aromatic heterocycles. The number of aromatic amines is 1. The summed E-state index contributed by atoms with van der Waals surface area (Å²) in [4.78, 5) is 0. The molecule has 1 heterocycles. The lowest BCUT2D eigenvalue weighted by Gasteiger charge is -1.89. The molecule has 4 nitrogen and oxygen atoms in total. The van der Waals surface area contributed by atoms with Gasteiger partial charge in [0, 0.05) is 6.20 Å². The van der Waals surface area contributed by atoms with E-state index < -0.39 is 0 Å². The largest absolute Gasteiger partial charge is 0.376 e. The van der Waals surface area contributed by atoms with Crippen molar-refractivity contribution >= 4 is 17.7 Å². The van der Waals surface area contributed by atoms with Gasteiger partial charge in [-0.2, -0.15) is 0 Å². The molecule has 0 bridgehead atoms. The van der Waals surface area contributed by atoms with Crippen LogP contribution in [0.25, 0.3) is 0 Å². The van der Waals surface area contributed by atoms with Crippen molar-refractivity contribution < 1.29 is 0 Å². The van der Waals surface area contributed by atoms with Gasteiger partial charge in [-0.3, -0.25) is 5.10 Å². The summed E-state index contributed by atoms with van der Waals surface area (Å²) >= 11 is 4.53. The molecule has 0 unspecified atom stereocenters. The molecule has 5 heteroatoms. The lowest BCUT2D eigenvalue weighted by atomic mass is 10.5. The fourth-order valence-electron chi connectivity index (χ4n) is 0.458. The highest BCUT2D eigenvalue weighted by molar-refractivity contribution is 7.78. The van der Waals surface area contributed by atoms with Gasteiger partial charge in [0.25, 0.3) is 0 Å². The van der Waals surface area contributed by atoms with Crippen LogP contribution < -0.4 is 5.32 Å². The van der Waals surface area contributed by atoms with Gasteiger partial charge in [0.2, 0.25) is 0 Å². The van der Waals surface area contributed by atoms with Crippen LogP contribution in [0.3, 0.4) is 0 Å². The molecule has 2 N–H and O–H groups in total. The van der Waals surface area contributed by atoms with E-state index in [9.17, 15) is 0 Å². The van der Waals surface area contributed by atoms with E-state index in [0.717, 1.165) is 5.69 Å². The van der Waals surface area contributed by atoms with Crippen LogP contribution in [0.1, 0.15) is 5.69 Å². The van der Waals surface area contributed by atoms with Crippen LogP contribution in [-0.4, -0.2) is 20.9 Å². The first-order chi connectivity index (χ1) is 4.43. The highest BCUT2D eigenvalue weighted by Gasteiger charge is 1.89. The Morgan fingerprint density at radius 2 is 2.78 bits per heavy atom. The average molecular weight is 142 g/mol. The Balaban J connectivity index is 2.38. The van der Waals surface area contributed by atoms with Crippen LogP contribution >= 0.6 is 12.2 Å². The predicted molar refractivity (Wildman–Crippen MR) is 36.9 cm³/mol.